The number of halogens is 3. The highest BCUT2D eigenvalue weighted by molar-refractivity contribution is 5.81. The number of likely N-dealkylation sites (tertiary alicyclic amines) is 1. The Morgan fingerprint density at radius 3 is 2.84 bits per heavy atom. The number of piperidine rings is 1. The van der Waals surface area contributed by atoms with E-state index < -0.39 is 11.7 Å². The van der Waals surface area contributed by atoms with Crippen molar-refractivity contribution in [3.8, 4) is 5.75 Å². The Balaban J connectivity index is 1.53. The first kappa shape index (κ1) is 22.5. The predicted molar refractivity (Wildman–Crippen MR) is 113 cm³/mol. The molecular weight excluding hydrogens is 423 g/mol. The zero-order valence-electron chi connectivity index (χ0n) is 18.1. The minimum atomic E-state index is -4.50. The lowest BCUT2D eigenvalue weighted by molar-refractivity contribution is -0.136. The number of ether oxygens (including phenoxy) is 2. The minimum Gasteiger partial charge on any atom is -0.491 e. The molecule has 1 fully saturated rings. The Morgan fingerprint density at radius 2 is 2.06 bits per heavy atom. The number of hydrogen-bond acceptors (Lipinski definition) is 6. The average Bonchev–Trinajstić information content (AvgIpc) is 3.17. The van der Waals surface area contributed by atoms with Crippen molar-refractivity contribution >= 4 is 11.1 Å². The molecule has 0 bridgehead atoms. The largest absolute Gasteiger partial charge is 0.491 e. The Bertz CT molecular complexity index is 1070. The molecule has 2 aromatic heterocycles. The van der Waals surface area contributed by atoms with E-state index in [-0.39, 0.29) is 22.7 Å². The summed E-state index contributed by atoms with van der Waals surface area (Å²) in [5, 5.41) is 4.02. The molecule has 6 nitrogen and oxygen atoms in total. The van der Waals surface area contributed by atoms with E-state index in [1.165, 1.54) is 6.92 Å². The van der Waals surface area contributed by atoms with Crippen LogP contribution < -0.4 is 4.74 Å². The van der Waals surface area contributed by atoms with Crippen LogP contribution in [0, 0.1) is 6.92 Å². The number of pyridine rings is 1. The maximum Gasteiger partial charge on any atom is 0.417 e. The molecule has 0 N–H and O–H groups in total. The summed E-state index contributed by atoms with van der Waals surface area (Å²) < 4.78 is 57.0. The topological polar surface area (TPSA) is 60.6 Å². The van der Waals surface area contributed by atoms with Crippen molar-refractivity contribution in [3.05, 3.63) is 52.8 Å². The molecule has 0 saturated carbocycles. The maximum atomic E-state index is 13.7. The highest BCUT2D eigenvalue weighted by Crippen LogP contribution is 2.40. The number of hydrogen-bond donors (Lipinski definition) is 0. The summed E-state index contributed by atoms with van der Waals surface area (Å²) in [4.78, 5) is 6.36. The second kappa shape index (κ2) is 9.46. The van der Waals surface area contributed by atoms with E-state index >= 15 is 0 Å². The molecule has 0 amide bonds. The lowest BCUT2D eigenvalue weighted by Crippen LogP contribution is -2.34. The Kier molecular flexibility index (Phi) is 6.66. The number of benzene rings is 1. The fraction of sp³-hybridized carbons (Fsp3) is 0.478. The van der Waals surface area contributed by atoms with Crippen LogP contribution in [0.5, 0.6) is 5.75 Å². The molecule has 0 spiro atoms. The number of aryl methyl sites for hydroxylation is 1. The summed E-state index contributed by atoms with van der Waals surface area (Å²) in [5.41, 5.74) is 0.907. The number of nitrogens with zero attached hydrogens (tertiary/aromatic N) is 3. The van der Waals surface area contributed by atoms with E-state index in [4.69, 9.17) is 14.0 Å². The van der Waals surface area contributed by atoms with Crippen molar-refractivity contribution in [2.24, 2.45) is 0 Å². The Labute approximate surface area is 184 Å². The molecule has 172 valence electrons. The highest BCUT2D eigenvalue weighted by Gasteiger charge is 2.37. The van der Waals surface area contributed by atoms with Gasteiger partial charge in [-0.05, 0) is 50.1 Å². The first-order valence-electron chi connectivity index (χ1n) is 10.6. The third-order valence-corrected chi connectivity index (χ3v) is 5.66. The molecule has 32 heavy (non-hydrogen) atoms. The van der Waals surface area contributed by atoms with Crippen LogP contribution in [0.3, 0.4) is 0 Å². The zero-order valence-corrected chi connectivity index (χ0v) is 18.1. The molecule has 0 unspecified atom stereocenters. The standard InChI is InChI=1S/C23H26F3N3O3/c1-15-11-19(23(24,25)26)20-21(28-32-22(20)27-15)17-6-4-8-29(14-17)13-16-5-3-7-18(12-16)31-10-9-30-2/h3,5,7,11-12,17H,4,6,8-10,13-14H2,1-2H3/t17-/m0/s1. The molecule has 1 atom stereocenters. The first-order valence-corrected chi connectivity index (χ1v) is 10.6. The highest BCUT2D eigenvalue weighted by atomic mass is 19.4. The van der Waals surface area contributed by atoms with Crippen molar-refractivity contribution in [1.82, 2.24) is 15.0 Å². The molecule has 1 saturated heterocycles. The molecule has 0 radical (unpaired) electrons. The number of methoxy groups -OCH3 is 1. The van der Waals surface area contributed by atoms with E-state index in [2.05, 4.69) is 15.0 Å². The maximum absolute atomic E-state index is 13.7. The van der Waals surface area contributed by atoms with Gasteiger partial charge in [0.05, 0.1) is 23.3 Å². The lowest BCUT2D eigenvalue weighted by Gasteiger charge is -2.32. The minimum absolute atomic E-state index is 0.0107. The predicted octanol–water partition coefficient (Wildman–Crippen LogP) is 4.95. The van der Waals surface area contributed by atoms with Gasteiger partial charge in [-0.15, -0.1) is 0 Å². The second-order valence-corrected chi connectivity index (χ2v) is 8.12. The van der Waals surface area contributed by atoms with Gasteiger partial charge in [-0.25, -0.2) is 4.98 Å². The zero-order chi connectivity index (χ0) is 22.7. The van der Waals surface area contributed by atoms with Gasteiger partial charge in [0.1, 0.15) is 12.4 Å². The van der Waals surface area contributed by atoms with Gasteiger partial charge in [0, 0.05) is 31.8 Å². The Morgan fingerprint density at radius 1 is 1.22 bits per heavy atom. The van der Waals surface area contributed by atoms with Crippen LogP contribution in [-0.4, -0.2) is 48.5 Å². The molecule has 1 aromatic carbocycles. The van der Waals surface area contributed by atoms with Gasteiger partial charge in [-0.1, -0.05) is 17.3 Å². The van der Waals surface area contributed by atoms with Crippen molar-refractivity contribution in [2.75, 3.05) is 33.4 Å². The molecule has 1 aliphatic heterocycles. The number of fused-ring (bicyclic) bond motifs is 1. The van der Waals surface area contributed by atoms with Gasteiger partial charge in [-0.2, -0.15) is 13.2 Å². The van der Waals surface area contributed by atoms with Gasteiger partial charge >= 0.3 is 6.18 Å². The van der Waals surface area contributed by atoms with Gasteiger partial charge in [-0.3, -0.25) is 4.90 Å². The lowest BCUT2D eigenvalue weighted by atomic mass is 9.91. The number of alkyl halides is 3. The van der Waals surface area contributed by atoms with Crippen LogP contribution in [-0.2, 0) is 17.5 Å². The molecular formula is C23H26F3N3O3. The summed E-state index contributed by atoms with van der Waals surface area (Å²) in [5.74, 6) is 0.614. The van der Waals surface area contributed by atoms with Crippen molar-refractivity contribution in [3.63, 3.8) is 0 Å². The van der Waals surface area contributed by atoms with E-state index in [0.29, 0.717) is 32.0 Å². The van der Waals surface area contributed by atoms with Gasteiger partial charge in [0.25, 0.3) is 5.71 Å². The number of aromatic nitrogens is 2. The average molecular weight is 449 g/mol. The first-order chi connectivity index (χ1) is 15.3. The van der Waals surface area contributed by atoms with Crippen LogP contribution in [0.1, 0.15) is 41.3 Å². The van der Waals surface area contributed by atoms with Crippen LogP contribution in [0.15, 0.2) is 34.9 Å². The van der Waals surface area contributed by atoms with Gasteiger partial charge < -0.3 is 14.0 Å². The van der Waals surface area contributed by atoms with Gasteiger partial charge in [0.15, 0.2) is 0 Å². The van der Waals surface area contributed by atoms with E-state index in [0.717, 1.165) is 36.8 Å². The second-order valence-electron chi connectivity index (χ2n) is 8.12. The van der Waals surface area contributed by atoms with Crippen LogP contribution in [0.4, 0.5) is 13.2 Å². The fourth-order valence-corrected chi connectivity index (χ4v) is 4.26. The van der Waals surface area contributed by atoms with Gasteiger partial charge in [0.2, 0.25) is 0 Å². The van der Waals surface area contributed by atoms with Crippen LogP contribution >= 0.6 is 0 Å². The monoisotopic (exact) mass is 449 g/mol. The molecule has 3 aromatic rings. The third kappa shape index (κ3) is 5.05. The van der Waals surface area contributed by atoms with Crippen molar-refractivity contribution in [2.45, 2.75) is 38.4 Å². The van der Waals surface area contributed by atoms with Crippen molar-refractivity contribution in [1.29, 1.82) is 0 Å². The summed E-state index contributed by atoms with van der Waals surface area (Å²) in [7, 11) is 1.62. The van der Waals surface area contributed by atoms with Crippen LogP contribution in [0.2, 0.25) is 0 Å². The summed E-state index contributed by atoms with van der Waals surface area (Å²) in [6.07, 6.45) is -2.88. The molecule has 0 aliphatic carbocycles. The molecule has 1 aliphatic rings. The smallest absolute Gasteiger partial charge is 0.417 e. The molecule has 9 heteroatoms. The quantitative estimate of drug-likeness (QED) is 0.476. The van der Waals surface area contributed by atoms with Crippen LogP contribution in [0.25, 0.3) is 11.1 Å². The third-order valence-electron chi connectivity index (χ3n) is 5.66. The summed E-state index contributed by atoms with van der Waals surface area (Å²) >= 11 is 0. The normalized spacial score (nSPS) is 17.7. The molecule has 4 rings (SSSR count). The van der Waals surface area contributed by atoms with E-state index in [9.17, 15) is 13.2 Å². The van der Waals surface area contributed by atoms with Crippen molar-refractivity contribution < 1.29 is 27.2 Å². The summed E-state index contributed by atoms with van der Waals surface area (Å²) in [6.45, 7) is 4.65. The number of rotatable bonds is 7. The Hall–Kier alpha value is -2.65. The van der Waals surface area contributed by atoms with E-state index in [1.807, 2.05) is 24.3 Å². The summed E-state index contributed by atoms with van der Waals surface area (Å²) in [6, 6.07) is 8.91. The molecule has 3 heterocycles. The van der Waals surface area contributed by atoms with E-state index in [1.54, 1.807) is 7.11 Å². The fourth-order valence-electron chi connectivity index (χ4n) is 4.26. The SMILES string of the molecule is COCCOc1cccc(CN2CCC[C@H](c3noc4nc(C)cc(C(F)(F)F)c34)C2)c1.